The first-order valence-electron chi connectivity index (χ1n) is 17.5. The zero-order chi connectivity index (χ0) is 39.5. The van der Waals surface area contributed by atoms with Crippen molar-refractivity contribution in [2.75, 3.05) is 26.2 Å². The molecular weight excluding hydrogens is 763 g/mol. The van der Waals surface area contributed by atoms with E-state index in [1.165, 1.54) is 57.1 Å². The van der Waals surface area contributed by atoms with Crippen molar-refractivity contribution >= 4 is 35.8 Å². The second-order valence-corrected chi connectivity index (χ2v) is 19.3. The summed E-state index contributed by atoms with van der Waals surface area (Å²) in [6.07, 6.45) is 0.00955. The van der Waals surface area contributed by atoms with E-state index in [0.29, 0.717) is 11.3 Å². The Bertz CT molecular complexity index is 2500. The molecule has 0 spiro atoms. The van der Waals surface area contributed by atoms with E-state index in [4.69, 9.17) is 4.98 Å². The molecule has 0 amide bonds. The van der Waals surface area contributed by atoms with Gasteiger partial charge in [0, 0.05) is 38.3 Å². The lowest BCUT2D eigenvalue weighted by Crippen LogP contribution is -2.46. The Morgan fingerprint density at radius 1 is 0.600 bits per heavy atom. The maximum atomic E-state index is 14.7. The fourth-order valence-electron chi connectivity index (χ4n) is 6.36. The largest absolute Gasteiger partial charge is 0.269 e. The molecule has 1 aliphatic rings. The van der Waals surface area contributed by atoms with Crippen molar-refractivity contribution < 1.29 is 30.2 Å². The Balaban J connectivity index is 1.53. The molecule has 0 saturated heterocycles. The molecule has 1 aromatic heterocycles. The zero-order valence-electron chi connectivity index (χ0n) is 30.5. The smallest absolute Gasteiger partial charge is 0.258 e. The van der Waals surface area contributed by atoms with Gasteiger partial charge >= 0.3 is 0 Å². The average molecular weight is 804 g/mol. The maximum Gasteiger partial charge on any atom is 0.269 e. The average Bonchev–Trinajstić information content (AvgIpc) is 3.15. The topological polar surface area (TPSA) is 168 Å². The zero-order valence-corrected chi connectivity index (χ0v) is 33.0. The standard InChI is InChI=1S/C39H41N5O8S3/c1-29-7-17-35(18-8-29)53(47,48)41-23-24-42(54(49,50)36-19-9-30(2)10-20-36)28-33-5-4-6-38(40-33)39(27-32-13-15-34(16-14-32)44(45)46)43(26-25-41)55(51,52)37-21-11-31(3)12-22-37/h4-22,39H,23-28H2,1-3H3. The van der Waals surface area contributed by atoms with Crippen LogP contribution in [-0.2, 0) is 43.0 Å². The number of fused-ring (bicyclic) bond motifs is 2. The normalized spacial score (nSPS) is 16.9. The molecule has 0 fully saturated rings. The van der Waals surface area contributed by atoms with Gasteiger partial charge in [-0.15, -0.1) is 0 Å². The van der Waals surface area contributed by atoms with Crippen molar-refractivity contribution in [3.63, 3.8) is 0 Å². The highest BCUT2D eigenvalue weighted by Gasteiger charge is 2.37. The highest BCUT2D eigenvalue weighted by atomic mass is 32.2. The first-order valence-corrected chi connectivity index (χ1v) is 21.8. The molecule has 2 heterocycles. The van der Waals surface area contributed by atoms with E-state index in [2.05, 4.69) is 0 Å². The Morgan fingerprint density at radius 2 is 1.05 bits per heavy atom. The molecule has 13 nitrogen and oxygen atoms in total. The maximum absolute atomic E-state index is 14.7. The molecule has 0 radical (unpaired) electrons. The molecule has 0 N–H and O–H groups in total. The number of nitro benzene ring substituents is 1. The van der Waals surface area contributed by atoms with E-state index in [9.17, 15) is 35.4 Å². The molecule has 0 saturated carbocycles. The molecule has 55 heavy (non-hydrogen) atoms. The number of benzene rings is 4. The predicted molar refractivity (Wildman–Crippen MR) is 208 cm³/mol. The summed E-state index contributed by atoms with van der Waals surface area (Å²) in [5.41, 5.74) is 3.55. The minimum Gasteiger partial charge on any atom is -0.258 e. The molecule has 16 heteroatoms. The number of aromatic nitrogens is 1. The molecule has 1 aliphatic heterocycles. The van der Waals surface area contributed by atoms with Crippen LogP contribution in [0.5, 0.6) is 0 Å². The first-order chi connectivity index (χ1) is 26.0. The monoisotopic (exact) mass is 803 g/mol. The fourth-order valence-corrected chi connectivity index (χ4v) is 10.8. The van der Waals surface area contributed by atoms with Gasteiger partial charge in [0.25, 0.3) is 5.69 Å². The molecular formula is C39H41N5O8S3. The highest BCUT2D eigenvalue weighted by molar-refractivity contribution is 7.89. The van der Waals surface area contributed by atoms with Gasteiger partial charge in [-0.3, -0.25) is 15.1 Å². The van der Waals surface area contributed by atoms with Crippen LogP contribution in [0.15, 0.2) is 130 Å². The van der Waals surface area contributed by atoms with Crippen LogP contribution in [0.1, 0.15) is 39.7 Å². The quantitative estimate of drug-likeness (QED) is 0.132. The summed E-state index contributed by atoms with van der Waals surface area (Å²) < 4.78 is 90.2. The van der Waals surface area contributed by atoms with Crippen LogP contribution in [0.25, 0.3) is 0 Å². The van der Waals surface area contributed by atoms with Crippen molar-refractivity contribution in [1.29, 1.82) is 0 Å². The van der Waals surface area contributed by atoms with Crippen LogP contribution >= 0.6 is 0 Å². The van der Waals surface area contributed by atoms with E-state index in [1.807, 2.05) is 20.8 Å². The highest BCUT2D eigenvalue weighted by Crippen LogP contribution is 2.32. The lowest BCUT2D eigenvalue weighted by atomic mass is 10.0. The lowest BCUT2D eigenvalue weighted by molar-refractivity contribution is -0.384. The minimum atomic E-state index is -4.34. The van der Waals surface area contributed by atoms with Crippen molar-refractivity contribution in [2.45, 2.75) is 54.5 Å². The first kappa shape index (κ1) is 39.8. The third kappa shape index (κ3) is 8.85. The van der Waals surface area contributed by atoms with Gasteiger partial charge in [-0.25, -0.2) is 25.3 Å². The van der Waals surface area contributed by atoms with Gasteiger partial charge in [0.05, 0.1) is 43.6 Å². The summed E-state index contributed by atoms with van der Waals surface area (Å²) >= 11 is 0. The third-order valence-electron chi connectivity index (χ3n) is 9.55. The Hall–Kier alpha value is -4.84. The fraction of sp³-hybridized carbons (Fsp3) is 0.256. The summed E-state index contributed by atoms with van der Waals surface area (Å²) in [7, 11) is -12.8. The number of rotatable bonds is 9. The minimum absolute atomic E-state index is 0.00955. The molecule has 0 aliphatic carbocycles. The van der Waals surface area contributed by atoms with Crippen LogP contribution in [-0.4, -0.2) is 74.3 Å². The number of nitro groups is 1. The summed E-state index contributed by atoms with van der Waals surface area (Å²) in [6, 6.07) is 28.6. The van der Waals surface area contributed by atoms with E-state index in [0.717, 1.165) is 21.0 Å². The molecule has 4 aromatic carbocycles. The second kappa shape index (κ2) is 16.1. The third-order valence-corrected chi connectivity index (χ3v) is 15.2. The Labute approximate surface area is 322 Å². The van der Waals surface area contributed by atoms with Crippen LogP contribution in [0, 0.1) is 30.9 Å². The number of pyridine rings is 1. The summed E-state index contributed by atoms with van der Waals surface area (Å²) in [4.78, 5) is 15.7. The lowest BCUT2D eigenvalue weighted by Gasteiger charge is -2.34. The Kier molecular flexibility index (Phi) is 11.7. The van der Waals surface area contributed by atoms with Gasteiger partial charge < -0.3 is 0 Å². The van der Waals surface area contributed by atoms with E-state index < -0.39 is 41.0 Å². The van der Waals surface area contributed by atoms with E-state index in [1.54, 1.807) is 66.7 Å². The molecule has 288 valence electrons. The summed E-state index contributed by atoms with van der Waals surface area (Å²) in [6.45, 7) is 4.02. The van der Waals surface area contributed by atoms with Crippen molar-refractivity contribution in [3.8, 4) is 0 Å². The van der Waals surface area contributed by atoms with Gasteiger partial charge in [0.15, 0.2) is 0 Å². The van der Waals surface area contributed by atoms with Crippen molar-refractivity contribution in [3.05, 3.63) is 159 Å². The number of non-ortho nitro benzene ring substituents is 1. The molecule has 1 unspecified atom stereocenters. The van der Waals surface area contributed by atoms with Gasteiger partial charge in [-0.2, -0.15) is 12.9 Å². The van der Waals surface area contributed by atoms with Crippen LogP contribution in [0.4, 0.5) is 5.69 Å². The molecule has 5 aromatic rings. The number of nitrogens with zero attached hydrogens (tertiary/aromatic N) is 5. The van der Waals surface area contributed by atoms with E-state index in [-0.39, 0.29) is 65.2 Å². The van der Waals surface area contributed by atoms with Gasteiger partial charge in [0.2, 0.25) is 30.1 Å². The van der Waals surface area contributed by atoms with Gasteiger partial charge in [-0.05, 0) is 81.3 Å². The van der Waals surface area contributed by atoms with Crippen LogP contribution < -0.4 is 0 Å². The second-order valence-electron chi connectivity index (χ2n) is 13.5. The summed E-state index contributed by atoms with van der Waals surface area (Å²) in [5, 5.41) is 11.4. The van der Waals surface area contributed by atoms with Crippen molar-refractivity contribution in [1.82, 2.24) is 17.9 Å². The molecule has 1 atom stereocenters. The number of sulfonamides is 3. The Morgan fingerprint density at radius 3 is 1.56 bits per heavy atom. The SMILES string of the molecule is Cc1ccc(S(=O)(=O)N2CCN(S(=O)(=O)c3ccc(C)cc3)Cc3cccc(n3)C(Cc3ccc([N+](=O)[O-])cc3)N(S(=O)(=O)c3ccc(C)cc3)CC2)cc1. The van der Waals surface area contributed by atoms with E-state index >= 15 is 0 Å². The number of hydrogen-bond donors (Lipinski definition) is 0. The van der Waals surface area contributed by atoms with Crippen LogP contribution in [0.3, 0.4) is 0 Å². The van der Waals surface area contributed by atoms with Gasteiger partial charge in [-0.1, -0.05) is 71.3 Å². The molecule has 2 bridgehead atoms. The summed E-state index contributed by atoms with van der Waals surface area (Å²) in [5.74, 6) is 0. The van der Waals surface area contributed by atoms with Crippen molar-refractivity contribution in [2.24, 2.45) is 0 Å². The van der Waals surface area contributed by atoms with Gasteiger partial charge in [0.1, 0.15) is 0 Å². The number of aryl methyl sites for hydroxylation is 3. The van der Waals surface area contributed by atoms with Crippen LogP contribution in [0.2, 0.25) is 0 Å². The number of hydrogen-bond acceptors (Lipinski definition) is 9. The predicted octanol–water partition coefficient (Wildman–Crippen LogP) is 5.79. The molecule has 6 rings (SSSR count).